The molecule has 0 saturated carbocycles. The number of esters is 1. The van der Waals surface area contributed by atoms with E-state index in [9.17, 15) is 35.1 Å². The van der Waals surface area contributed by atoms with Gasteiger partial charge in [0.2, 0.25) is 5.91 Å². The summed E-state index contributed by atoms with van der Waals surface area (Å²) < 4.78 is 18.6. The van der Waals surface area contributed by atoms with Crippen LogP contribution in [0.2, 0.25) is 0 Å². The molecular weight excluding hydrogens is 891 g/mol. The molecule has 4 heterocycles. The fourth-order valence-corrected chi connectivity index (χ4v) is 12.6. The van der Waals surface area contributed by atoms with Crippen molar-refractivity contribution in [1.29, 1.82) is 0 Å². The molecule has 1 aromatic heterocycles. The Bertz CT molecular complexity index is 2200. The molecule has 14 atom stereocenters. The molecule has 15 heteroatoms. The molecule has 6 rings (SSSR count). The highest BCUT2D eigenvalue weighted by molar-refractivity contribution is 7.99. The fraction of sp³-hybridized carbons (Fsp3) is 0.615. The van der Waals surface area contributed by atoms with E-state index in [-0.39, 0.29) is 36.8 Å². The summed E-state index contributed by atoms with van der Waals surface area (Å²) in [6, 6.07) is 16.2. The number of fused-ring (bicyclic) bond motifs is 5. The van der Waals surface area contributed by atoms with E-state index in [4.69, 9.17) is 14.2 Å². The summed E-state index contributed by atoms with van der Waals surface area (Å²) in [5.41, 5.74) is 1.20. The molecule has 2 aromatic carbocycles. The van der Waals surface area contributed by atoms with Gasteiger partial charge in [0.25, 0.3) is 0 Å². The number of rotatable bonds is 10. The molecule has 0 spiro atoms. The average Bonchev–Trinajstić information content (AvgIpc) is 3.66. The monoisotopic (exact) mass is 965 g/mol. The van der Waals surface area contributed by atoms with E-state index in [0.29, 0.717) is 32.5 Å². The number of carbonyl (C=O) groups excluding carboxylic acids is 2. The molecule has 0 unspecified atom stereocenters. The van der Waals surface area contributed by atoms with Gasteiger partial charge in [-0.2, -0.15) is 0 Å². The largest absolute Gasteiger partial charge is 0.459 e. The van der Waals surface area contributed by atoms with Crippen LogP contribution in [-0.4, -0.2) is 147 Å². The van der Waals surface area contributed by atoms with Gasteiger partial charge in [0.1, 0.15) is 23.9 Å². The molecule has 2 fully saturated rings. The first-order chi connectivity index (χ1) is 31.5. The zero-order valence-corrected chi connectivity index (χ0v) is 42.8. The van der Waals surface area contributed by atoms with E-state index >= 15 is 0 Å². The zero-order chi connectivity index (χ0) is 49.1. The van der Waals surface area contributed by atoms with Crippen LogP contribution in [0.15, 0.2) is 64.4 Å². The number of cyclic esters (lactones) is 1. The van der Waals surface area contributed by atoms with Crippen molar-refractivity contribution in [3.8, 4) is 21.6 Å². The maximum atomic E-state index is 13.8. The Morgan fingerprint density at radius 3 is 2.39 bits per heavy atom. The van der Waals surface area contributed by atoms with Gasteiger partial charge < -0.3 is 50.0 Å². The molecule has 13 nitrogen and oxygen atoms in total. The van der Waals surface area contributed by atoms with Gasteiger partial charge in [-0.1, -0.05) is 62.4 Å². The smallest absolute Gasteiger partial charge is 0.311 e. The lowest BCUT2D eigenvalue weighted by atomic mass is 9.78. The van der Waals surface area contributed by atoms with E-state index in [0.717, 1.165) is 10.4 Å². The van der Waals surface area contributed by atoms with Crippen molar-refractivity contribution in [2.75, 3.05) is 33.7 Å². The van der Waals surface area contributed by atoms with Crippen LogP contribution >= 0.6 is 23.1 Å². The topological polar surface area (TPSA) is 181 Å². The molecule has 3 aromatic rings. The van der Waals surface area contributed by atoms with Crippen molar-refractivity contribution >= 4 is 41.1 Å². The minimum Gasteiger partial charge on any atom is -0.459 e. The van der Waals surface area contributed by atoms with E-state index in [1.54, 1.807) is 49.9 Å². The maximum absolute atomic E-state index is 13.8. The summed E-state index contributed by atoms with van der Waals surface area (Å²) in [7, 11) is 3.74. The molecule has 0 radical (unpaired) electrons. The first-order valence-corrected chi connectivity index (χ1v) is 25.6. The van der Waals surface area contributed by atoms with Gasteiger partial charge in [0.15, 0.2) is 6.29 Å². The number of benzene rings is 2. The Morgan fingerprint density at radius 1 is 0.985 bits per heavy atom. The van der Waals surface area contributed by atoms with Gasteiger partial charge in [-0.05, 0) is 123 Å². The minimum atomic E-state index is -1.88. The average molecular weight is 966 g/mol. The summed E-state index contributed by atoms with van der Waals surface area (Å²) in [5, 5.41) is 62.5. The fourth-order valence-electron chi connectivity index (χ4n) is 10.3. The van der Waals surface area contributed by atoms with Gasteiger partial charge in [0.05, 0.1) is 29.8 Å². The number of aryl methyl sites for hydroxylation is 1. The lowest BCUT2D eigenvalue weighted by molar-refractivity contribution is -0.299. The molecule has 0 aliphatic carbocycles. The molecule has 1 amide bonds. The summed E-state index contributed by atoms with van der Waals surface area (Å²) >= 11 is 3.44. The van der Waals surface area contributed by atoms with E-state index in [1.807, 2.05) is 50.7 Å². The Hall–Kier alpha value is -3.19. The predicted octanol–water partition coefficient (Wildman–Crippen LogP) is 6.73. The standard InChI is InChI=1S/C52H75N3O10S2/c1-12-42-52(9,62)47(59)34(7)55(23-15-22-53-43(56)21-19-35-26-37-36-16-13-14-17-40(36)67-41-20-18-29(2)24-38(41)46(37)66-35)28-30(3)27-51(8,61)48(32(5)44(57)33(6)49(60)64-42)65-50-45(58)39(54(10)11)25-31(4)63-50/h13-14,16-21,24,26,30-34,39,42,44-45,47-48,50,57-59,61-62H,12,15,22-23,25,27-28H2,1-11H3,(H,53,56)/t30-,31-,32+,33-,34-,39+,42-,44+,45-,47-,48-,50+,51-,52-/m1/s1. The minimum absolute atomic E-state index is 0.166. The number of carbonyl (C=O) groups is 2. The number of thiophene rings is 1. The number of aliphatic hydroxyl groups is 5. The number of aliphatic hydroxyl groups excluding tert-OH is 3. The number of ether oxygens (including phenoxy) is 3. The molecule has 67 heavy (non-hydrogen) atoms. The third-order valence-electron chi connectivity index (χ3n) is 14.1. The number of hydrogen-bond acceptors (Lipinski definition) is 14. The first-order valence-electron chi connectivity index (χ1n) is 23.9. The first kappa shape index (κ1) is 53.2. The van der Waals surface area contributed by atoms with Crippen molar-refractivity contribution in [2.24, 2.45) is 17.8 Å². The number of amides is 1. The van der Waals surface area contributed by atoms with Crippen LogP contribution in [0.1, 0.15) is 91.5 Å². The summed E-state index contributed by atoms with van der Waals surface area (Å²) in [4.78, 5) is 35.5. The van der Waals surface area contributed by atoms with Crippen LogP contribution in [0.5, 0.6) is 0 Å². The number of nitrogens with zero attached hydrogens (tertiary/aromatic N) is 2. The lowest BCUT2D eigenvalue weighted by Gasteiger charge is -2.46. The number of hydrogen-bond donors (Lipinski definition) is 6. The Balaban J connectivity index is 1.19. The third-order valence-corrected chi connectivity index (χ3v) is 16.4. The highest BCUT2D eigenvalue weighted by Gasteiger charge is 2.50. The van der Waals surface area contributed by atoms with Crippen molar-refractivity contribution in [3.63, 3.8) is 0 Å². The summed E-state index contributed by atoms with van der Waals surface area (Å²) in [5.74, 6) is -3.21. The summed E-state index contributed by atoms with van der Waals surface area (Å²) in [6.45, 7) is 17.0. The van der Waals surface area contributed by atoms with Crippen molar-refractivity contribution in [1.82, 2.24) is 15.1 Å². The van der Waals surface area contributed by atoms with Crippen LogP contribution in [0.3, 0.4) is 0 Å². The van der Waals surface area contributed by atoms with Crippen LogP contribution in [0.4, 0.5) is 0 Å². The lowest BCUT2D eigenvalue weighted by Crippen LogP contribution is -2.59. The zero-order valence-electron chi connectivity index (χ0n) is 41.1. The molecule has 370 valence electrons. The quantitative estimate of drug-likeness (QED) is 0.0560. The Morgan fingerprint density at radius 2 is 1.69 bits per heavy atom. The second-order valence-electron chi connectivity index (χ2n) is 20.1. The number of nitrogens with one attached hydrogen (secondary N) is 1. The third kappa shape index (κ3) is 12.2. The van der Waals surface area contributed by atoms with Gasteiger partial charge in [-0.3, -0.25) is 14.5 Å². The second-order valence-corrected chi connectivity index (χ2v) is 22.3. The maximum Gasteiger partial charge on any atom is 0.311 e. The van der Waals surface area contributed by atoms with Crippen LogP contribution < -0.4 is 5.32 Å². The van der Waals surface area contributed by atoms with Crippen LogP contribution in [-0.2, 0) is 23.8 Å². The van der Waals surface area contributed by atoms with Gasteiger partial charge in [-0.15, -0.1) is 11.3 Å². The highest BCUT2D eigenvalue weighted by atomic mass is 32.2. The van der Waals surface area contributed by atoms with E-state index < -0.39 is 71.9 Å². The molecular formula is C52H75N3O10S2. The normalized spacial score (nSPS) is 34.6. The molecule has 3 aliphatic rings. The highest BCUT2D eigenvalue weighted by Crippen LogP contribution is 2.51. The second kappa shape index (κ2) is 22.3. The number of likely N-dealkylation sites (N-methyl/N-ethyl adjacent to an activating group) is 1. The van der Waals surface area contributed by atoms with Crippen LogP contribution in [0.25, 0.3) is 27.6 Å². The predicted molar refractivity (Wildman–Crippen MR) is 265 cm³/mol. The van der Waals surface area contributed by atoms with Crippen LogP contribution in [0, 0.1) is 24.7 Å². The molecule has 0 bridgehead atoms. The van der Waals surface area contributed by atoms with E-state index in [2.05, 4.69) is 60.8 Å². The van der Waals surface area contributed by atoms with Gasteiger partial charge >= 0.3 is 5.97 Å². The van der Waals surface area contributed by atoms with Crippen molar-refractivity contribution < 1.29 is 49.3 Å². The van der Waals surface area contributed by atoms with Crippen molar-refractivity contribution in [2.45, 2.75) is 164 Å². The Labute approximate surface area is 405 Å². The van der Waals surface area contributed by atoms with E-state index in [1.165, 1.54) is 45.2 Å². The molecule has 6 N–H and O–H groups in total. The van der Waals surface area contributed by atoms with Gasteiger partial charge in [0, 0.05) is 74.4 Å². The molecule has 3 aliphatic heterocycles. The van der Waals surface area contributed by atoms with Crippen molar-refractivity contribution in [3.05, 3.63) is 65.0 Å². The Kier molecular flexibility index (Phi) is 17.7. The SMILES string of the molecule is CC[C@H]1OC(=O)[C@H](C)[C@@H](O)[C@H](C)[C@@H](O[C@@H]2O[C@H](C)C[C@H](N(C)C)[C@H]2O)[C@](C)(O)C[C@@H](C)CN(CCCNC(=O)C=Cc2cc3c(s2)-c2cc(C)ccc2Sc2ccccc2-3)[C@H](C)[C@@H](O)[C@]1(C)O. The van der Waals surface area contributed by atoms with Gasteiger partial charge in [-0.25, -0.2) is 0 Å². The summed E-state index contributed by atoms with van der Waals surface area (Å²) in [6.07, 6.45) is -2.59. The molecule has 2 saturated heterocycles.